The Kier molecular flexibility index (Phi) is 6.76. The minimum Gasteiger partial charge on any atom is -0.342 e. The molecule has 2 aromatic carbocycles. The van der Waals surface area contributed by atoms with Gasteiger partial charge in [0.15, 0.2) is 0 Å². The molecule has 8 nitrogen and oxygen atoms in total. The lowest BCUT2D eigenvalue weighted by atomic mass is 9.72. The highest BCUT2D eigenvalue weighted by atomic mass is 16.2. The number of hydrogen-bond donors (Lipinski definition) is 1. The summed E-state index contributed by atoms with van der Waals surface area (Å²) < 4.78 is 3.45. The van der Waals surface area contributed by atoms with E-state index in [9.17, 15) is 14.4 Å². The van der Waals surface area contributed by atoms with Crippen molar-refractivity contribution in [2.24, 2.45) is 5.41 Å². The predicted octanol–water partition coefficient (Wildman–Crippen LogP) is 3.24. The van der Waals surface area contributed by atoms with Crippen LogP contribution < -0.4 is 11.0 Å². The Labute approximate surface area is 210 Å². The molecular weight excluding hydrogens is 454 g/mol. The zero-order valence-electron chi connectivity index (χ0n) is 20.8. The van der Waals surface area contributed by atoms with Gasteiger partial charge in [0, 0.05) is 38.7 Å². The highest BCUT2D eigenvalue weighted by Crippen LogP contribution is 2.41. The van der Waals surface area contributed by atoms with Crippen LogP contribution in [0.4, 0.5) is 5.69 Å². The maximum Gasteiger partial charge on any atom is 0.346 e. The Morgan fingerprint density at radius 2 is 1.61 bits per heavy atom. The molecule has 1 saturated heterocycles. The fourth-order valence-corrected chi connectivity index (χ4v) is 5.53. The van der Waals surface area contributed by atoms with Crippen LogP contribution in [-0.4, -0.2) is 44.2 Å². The first kappa shape index (κ1) is 24.0. The number of amides is 2. The molecule has 0 unspecified atom stereocenters. The van der Waals surface area contributed by atoms with Crippen LogP contribution in [0.25, 0.3) is 0 Å². The molecule has 2 aliphatic heterocycles. The Morgan fingerprint density at radius 1 is 0.917 bits per heavy atom. The molecule has 1 aromatic heterocycles. The topological polar surface area (TPSA) is 89.2 Å². The average molecular weight is 488 g/mol. The number of likely N-dealkylation sites (tertiary alicyclic amines) is 1. The van der Waals surface area contributed by atoms with E-state index in [4.69, 9.17) is 0 Å². The molecule has 3 aromatic rings. The van der Waals surface area contributed by atoms with Gasteiger partial charge in [-0.25, -0.2) is 9.48 Å². The summed E-state index contributed by atoms with van der Waals surface area (Å²) in [6.07, 6.45) is 5.03. The van der Waals surface area contributed by atoms with Crippen molar-refractivity contribution in [3.8, 4) is 0 Å². The zero-order chi connectivity index (χ0) is 25.1. The SMILES string of the molecule is CC(=O)Nc1ccc(CC(=O)N2CCC3(CCc4nn(Cc5ccccc5)c(=O)n4CC3)CC2)cc1. The van der Waals surface area contributed by atoms with Crippen molar-refractivity contribution in [3.63, 3.8) is 0 Å². The van der Waals surface area contributed by atoms with Crippen molar-refractivity contribution in [3.05, 3.63) is 82.0 Å². The van der Waals surface area contributed by atoms with Crippen LogP contribution in [0.15, 0.2) is 59.4 Å². The lowest BCUT2D eigenvalue weighted by Crippen LogP contribution is -2.44. The summed E-state index contributed by atoms with van der Waals surface area (Å²) in [5.74, 6) is 0.914. The molecule has 0 atom stereocenters. The van der Waals surface area contributed by atoms with Gasteiger partial charge in [-0.3, -0.25) is 14.2 Å². The van der Waals surface area contributed by atoms with Crippen molar-refractivity contribution in [1.82, 2.24) is 19.2 Å². The third-order valence-corrected chi connectivity index (χ3v) is 7.73. The number of benzene rings is 2. The van der Waals surface area contributed by atoms with E-state index in [0.717, 1.165) is 67.8 Å². The monoisotopic (exact) mass is 487 g/mol. The van der Waals surface area contributed by atoms with Gasteiger partial charge in [-0.15, -0.1) is 0 Å². The number of anilines is 1. The van der Waals surface area contributed by atoms with Gasteiger partial charge in [0.25, 0.3) is 0 Å². The number of aromatic nitrogens is 3. The van der Waals surface area contributed by atoms with Crippen LogP contribution in [0, 0.1) is 5.41 Å². The van der Waals surface area contributed by atoms with E-state index < -0.39 is 0 Å². The number of nitrogens with zero attached hydrogens (tertiary/aromatic N) is 4. The number of piperidine rings is 1. The summed E-state index contributed by atoms with van der Waals surface area (Å²) in [4.78, 5) is 39.1. The first-order valence-electron chi connectivity index (χ1n) is 12.8. The zero-order valence-corrected chi connectivity index (χ0v) is 20.8. The van der Waals surface area contributed by atoms with E-state index >= 15 is 0 Å². The van der Waals surface area contributed by atoms with Crippen LogP contribution in [-0.2, 0) is 35.5 Å². The van der Waals surface area contributed by atoms with Gasteiger partial charge in [0.05, 0.1) is 13.0 Å². The highest BCUT2D eigenvalue weighted by molar-refractivity contribution is 5.88. The van der Waals surface area contributed by atoms with Gasteiger partial charge in [-0.1, -0.05) is 42.5 Å². The molecule has 2 amide bonds. The standard InChI is InChI=1S/C28H33N5O3/c1-21(34)29-24-9-7-22(8-10-24)19-26(35)31-16-13-28(14-17-31)12-11-25-30-33(27(36)32(25)18-15-28)20-23-5-3-2-4-6-23/h2-10H,11-20H2,1H3,(H,29,34). The van der Waals surface area contributed by atoms with E-state index in [0.29, 0.717) is 19.5 Å². The normalized spacial score (nSPS) is 16.9. The molecule has 1 fully saturated rings. The molecule has 0 saturated carbocycles. The maximum absolute atomic E-state index is 13.0. The van der Waals surface area contributed by atoms with Gasteiger partial charge >= 0.3 is 5.69 Å². The van der Waals surface area contributed by atoms with Gasteiger partial charge in [0.1, 0.15) is 5.82 Å². The average Bonchev–Trinajstić information content (AvgIpc) is 3.06. The molecule has 5 rings (SSSR count). The number of rotatable bonds is 5. The summed E-state index contributed by atoms with van der Waals surface area (Å²) in [5.41, 5.74) is 2.89. The molecule has 0 radical (unpaired) electrons. The van der Waals surface area contributed by atoms with E-state index in [1.807, 2.05) is 64.1 Å². The third kappa shape index (κ3) is 5.27. The molecular formula is C28H33N5O3. The van der Waals surface area contributed by atoms with Crippen LogP contribution in [0.3, 0.4) is 0 Å². The predicted molar refractivity (Wildman–Crippen MR) is 138 cm³/mol. The number of hydrogen-bond acceptors (Lipinski definition) is 4. The van der Waals surface area contributed by atoms with Gasteiger partial charge in [0.2, 0.25) is 11.8 Å². The second-order valence-electron chi connectivity index (χ2n) is 10.2. The van der Waals surface area contributed by atoms with Crippen molar-refractivity contribution in [1.29, 1.82) is 0 Å². The molecule has 1 N–H and O–H groups in total. The quantitative estimate of drug-likeness (QED) is 0.598. The Balaban J connectivity index is 1.16. The van der Waals surface area contributed by atoms with Crippen LogP contribution in [0.1, 0.15) is 49.6 Å². The summed E-state index contributed by atoms with van der Waals surface area (Å²) in [7, 11) is 0. The number of fused-ring (bicyclic) bond motifs is 1. The van der Waals surface area contributed by atoms with E-state index in [1.54, 1.807) is 4.68 Å². The van der Waals surface area contributed by atoms with E-state index in [2.05, 4.69) is 10.4 Å². The van der Waals surface area contributed by atoms with Crippen molar-refractivity contribution in [2.45, 2.75) is 58.5 Å². The minimum absolute atomic E-state index is 0.0250. The van der Waals surface area contributed by atoms with E-state index in [-0.39, 0.29) is 22.9 Å². The Hall–Kier alpha value is -3.68. The van der Waals surface area contributed by atoms with Crippen LogP contribution in [0.5, 0.6) is 0 Å². The number of nitrogens with one attached hydrogen (secondary N) is 1. The Bertz CT molecular complexity index is 1280. The molecule has 2 aliphatic rings. The second-order valence-corrected chi connectivity index (χ2v) is 10.2. The number of carbonyl (C=O) groups excluding carboxylic acids is 2. The third-order valence-electron chi connectivity index (χ3n) is 7.73. The first-order valence-corrected chi connectivity index (χ1v) is 12.8. The molecule has 36 heavy (non-hydrogen) atoms. The summed E-state index contributed by atoms with van der Waals surface area (Å²) >= 11 is 0. The molecule has 3 heterocycles. The van der Waals surface area contributed by atoms with Crippen molar-refractivity contribution in [2.75, 3.05) is 18.4 Å². The number of aryl methyl sites for hydroxylation is 1. The first-order chi connectivity index (χ1) is 17.4. The van der Waals surface area contributed by atoms with Crippen molar-refractivity contribution < 1.29 is 9.59 Å². The highest BCUT2D eigenvalue weighted by Gasteiger charge is 2.38. The van der Waals surface area contributed by atoms with Gasteiger partial charge in [-0.05, 0) is 54.4 Å². The molecule has 1 spiro atoms. The number of carbonyl (C=O) groups is 2. The second kappa shape index (κ2) is 10.1. The maximum atomic E-state index is 13.0. The molecule has 8 heteroatoms. The summed E-state index contributed by atoms with van der Waals surface area (Å²) in [5, 5.41) is 7.42. The largest absolute Gasteiger partial charge is 0.346 e. The van der Waals surface area contributed by atoms with Crippen molar-refractivity contribution >= 4 is 17.5 Å². The summed E-state index contributed by atoms with van der Waals surface area (Å²) in [6, 6.07) is 17.4. The Morgan fingerprint density at radius 3 is 2.31 bits per heavy atom. The van der Waals surface area contributed by atoms with Crippen LogP contribution in [0.2, 0.25) is 0 Å². The van der Waals surface area contributed by atoms with Gasteiger partial charge in [-0.2, -0.15) is 5.10 Å². The lowest BCUT2D eigenvalue weighted by molar-refractivity contribution is -0.133. The van der Waals surface area contributed by atoms with E-state index in [1.165, 1.54) is 6.92 Å². The molecule has 188 valence electrons. The summed E-state index contributed by atoms with van der Waals surface area (Å²) in [6.45, 7) is 4.17. The minimum atomic E-state index is -0.110. The fraction of sp³-hybridized carbons (Fsp3) is 0.429. The molecule has 0 aliphatic carbocycles. The lowest BCUT2D eigenvalue weighted by Gasteiger charge is -2.41. The molecule has 0 bridgehead atoms. The van der Waals surface area contributed by atoms with Crippen LogP contribution >= 0.6 is 0 Å². The smallest absolute Gasteiger partial charge is 0.342 e. The fourth-order valence-electron chi connectivity index (χ4n) is 5.53. The van der Waals surface area contributed by atoms with Gasteiger partial charge < -0.3 is 10.2 Å².